The van der Waals surface area contributed by atoms with Gasteiger partial charge in [-0.05, 0) is 43.3 Å². The summed E-state index contributed by atoms with van der Waals surface area (Å²) in [4.78, 5) is 38.2. The zero-order valence-corrected chi connectivity index (χ0v) is 20.7. The van der Waals surface area contributed by atoms with E-state index in [0.717, 1.165) is 0 Å². The lowest BCUT2D eigenvalue weighted by atomic mass is 10.1. The number of phenolic OH excluding ortho intramolecular Hbond substituents is 1. The minimum atomic E-state index is -0.701. The number of rotatable bonds is 4. The van der Waals surface area contributed by atoms with Crippen molar-refractivity contribution in [3.8, 4) is 22.7 Å². The van der Waals surface area contributed by atoms with Crippen LogP contribution in [0.5, 0.6) is 5.75 Å². The number of nitrogens with zero attached hydrogens (tertiary/aromatic N) is 5. The zero-order chi connectivity index (χ0) is 26.3. The molecule has 1 fully saturated rings. The van der Waals surface area contributed by atoms with Crippen LogP contribution in [0.25, 0.3) is 28.0 Å². The number of aromatic nitrogens is 3. The van der Waals surface area contributed by atoms with Crippen molar-refractivity contribution in [2.45, 2.75) is 13.0 Å². The molecule has 1 saturated heterocycles. The van der Waals surface area contributed by atoms with Gasteiger partial charge in [-0.1, -0.05) is 42.4 Å². The first-order valence-electron chi connectivity index (χ1n) is 11.6. The van der Waals surface area contributed by atoms with E-state index in [9.17, 15) is 19.1 Å². The Morgan fingerprint density at radius 3 is 2.59 bits per heavy atom. The molecular formula is C27H23ClFN5O3. The van der Waals surface area contributed by atoms with Crippen molar-refractivity contribution in [1.29, 1.82) is 0 Å². The molecule has 8 nitrogen and oxygen atoms in total. The molecule has 1 amide bonds. The minimum Gasteiger partial charge on any atom is -0.507 e. The number of anilines is 1. The van der Waals surface area contributed by atoms with E-state index < -0.39 is 11.5 Å². The minimum absolute atomic E-state index is 0.000412. The molecule has 1 unspecified atom stereocenters. The molecule has 10 heteroatoms. The first-order valence-corrected chi connectivity index (χ1v) is 12.0. The first kappa shape index (κ1) is 24.5. The van der Waals surface area contributed by atoms with Crippen molar-refractivity contribution in [1.82, 2.24) is 19.4 Å². The van der Waals surface area contributed by atoms with E-state index in [4.69, 9.17) is 11.6 Å². The van der Waals surface area contributed by atoms with Gasteiger partial charge in [-0.3, -0.25) is 4.79 Å². The predicted molar refractivity (Wildman–Crippen MR) is 141 cm³/mol. The Morgan fingerprint density at radius 2 is 1.92 bits per heavy atom. The molecule has 5 rings (SSSR count). The first-order chi connectivity index (χ1) is 17.8. The number of piperazine rings is 1. The molecule has 1 N–H and O–H groups in total. The molecule has 2 aromatic heterocycles. The second kappa shape index (κ2) is 9.67. The zero-order valence-electron chi connectivity index (χ0n) is 19.9. The van der Waals surface area contributed by atoms with Crippen LogP contribution in [0, 0.1) is 5.82 Å². The number of hydrogen-bond donors (Lipinski definition) is 1. The monoisotopic (exact) mass is 519 g/mol. The van der Waals surface area contributed by atoms with Gasteiger partial charge in [-0.2, -0.15) is 4.98 Å². The summed E-state index contributed by atoms with van der Waals surface area (Å²) >= 11 is 6.61. The Kier molecular flexibility index (Phi) is 6.39. The highest BCUT2D eigenvalue weighted by Crippen LogP contribution is 2.38. The number of amides is 1. The van der Waals surface area contributed by atoms with Crippen LogP contribution < -0.4 is 10.6 Å². The van der Waals surface area contributed by atoms with Crippen LogP contribution in [0.2, 0.25) is 5.02 Å². The molecule has 1 aliphatic heterocycles. The maximum Gasteiger partial charge on any atom is 0.355 e. The third-order valence-electron chi connectivity index (χ3n) is 6.43. The van der Waals surface area contributed by atoms with Gasteiger partial charge in [0.05, 0.1) is 27.4 Å². The summed E-state index contributed by atoms with van der Waals surface area (Å²) in [5.74, 6) is -0.825. The Labute approximate surface area is 216 Å². The van der Waals surface area contributed by atoms with E-state index in [0.29, 0.717) is 36.5 Å². The highest BCUT2D eigenvalue weighted by Gasteiger charge is 2.30. The summed E-state index contributed by atoms with van der Waals surface area (Å²) in [6, 6.07) is 14.2. The average Bonchev–Trinajstić information content (AvgIpc) is 2.89. The number of carbonyl (C=O) groups excluding carboxylic acids is 1. The van der Waals surface area contributed by atoms with Crippen molar-refractivity contribution < 1.29 is 14.3 Å². The number of aromatic hydroxyl groups is 1. The van der Waals surface area contributed by atoms with Gasteiger partial charge in [0.2, 0.25) is 5.91 Å². The topological polar surface area (TPSA) is 91.6 Å². The third kappa shape index (κ3) is 4.31. The van der Waals surface area contributed by atoms with E-state index in [2.05, 4.69) is 16.5 Å². The lowest BCUT2D eigenvalue weighted by Crippen LogP contribution is -2.54. The molecule has 1 aliphatic rings. The van der Waals surface area contributed by atoms with Gasteiger partial charge in [0.15, 0.2) is 5.65 Å². The van der Waals surface area contributed by atoms with Gasteiger partial charge < -0.3 is 14.9 Å². The summed E-state index contributed by atoms with van der Waals surface area (Å²) in [7, 11) is 0. The number of carbonyl (C=O) groups is 1. The van der Waals surface area contributed by atoms with Crippen LogP contribution in [0.3, 0.4) is 0 Å². The summed E-state index contributed by atoms with van der Waals surface area (Å²) in [5.41, 5.74) is -0.0150. The van der Waals surface area contributed by atoms with Crippen molar-refractivity contribution in [3.05, 3.63) is 88.6 Å². The van der Waals surface area contributed by atoms with E-state index in [1.54, 1.807) is 35.2 Å². The molecule has 0 spiro atoms. The van der Waals surface area contributed by atoms with Crippen LogP contribution in [0.4, 0.5) is 10.2 Å². The standard InChI is InChI=1S/C27H23ClFN5O3/c1-3-22(36)32-12-13-33(16(2)15-32)25-18-14-19(28)24(23-20(29)10-7-11-21(23)35)30-26(18)34(27(37)31-25)17-8-5-4-6-9-17/h3-11,14,16,35H,1,12-13,15H2,2H3. The SMILES string of the molecule is C=CC(=O)N1CCN(c2nc(=O)n(-c3ccccc3)c3nc(-c4c(O)cccc4F)c(Cl)cc23)C(C)C1. The fraction of sp³-hybridized carbons (Fsp3) is 0.185. The Bertz CT molecular complexity index is 1570. The molecule has 3 heterocycles. The molecule has 37 heavy (non-hydrogen) atoms. The van der Waals surface area contributed by atoms with Crippen LogP contribution in [0.1, 0.15) is 6.92 Å². The fourth-order valence-electron chi connectivity index (χ4n) is 4.66. The molecule has 1 atom stereocenters. The third-order valence-corrected chi connectivity index (χ3v) is 6.72. The maximum atomic E-state index is 14.8. The largest absolute Gasteiger partial charge is 0.507 e. The number of benzene rings is 2. The molecular weight excluding hydrogens is 497 g/mol. The second-order valence-corrected chi connectivity index (χ2v) is 9.15. The van der Waals surface area contributed by atoms with Gasteiger partial charge in [0.25, 0.3) is 0 Å². The number of fused-ring (bicyclic) bond motifs is 1. The highest BCUT2D eigenvalue weighted by molar-refractivity contribution is 6.34. The van der Waals surface area contributed by atoms with Crippen LogP contribution in [-0.2, 0) is 4.79 Å². The van der Waals surface area contributed by atoms with Gasteiger partial charge in [0.1, 0.15) is 17.4 Å². The lowest BCUT2D eigenvalue weighted by Gasteiger charge is -2.40. The molecule has 0 saturated carbocycles. The van der Waals surface area contributed by atoms with Gasteiger partial charge in [-0.25, -0.2) is 18.7 Å². The Hall–Kier alpha value is -4.24. The number of pyridine rings is 1. The molecule has 188 valence electrons. The van der Waals surface area contributed by atoms with Gasteiger partial charge in [-0.15, -0.1) is 0 Å². The summed E-state index contributed by atoms with van der Waals surface area (Å²) in [5, 5.41) is 11.0. The van der Waals surface area contributed by atoms with Crippen LogP contribution in [-0.4, -0.2) is 56.1 Å². The maximum absolute atomic E-state index is 14.8. The van der Waals surface area contributed by atoms with Crippen LogP contribution in [0.15, 0.2) is 72.0 Å². The summed E-state index contributed by atoms with van der Waals surface area (Å²) < 4.78 is 16.1. The molecule has 2 aromatic carbocycles. The van der Waals surface area contributed by atoms with Gasteiger partial charge >= 0.3 is 5.69 Å². The fourth-order valence-corrected chi connectivity index (χ4v) is 4.90. The van der Waals surface area contributed by atoms with E-state index >= 15 is 0 Å². The number of hydrogen-bond acceptors (Lipinski definition) is 6. The van der Waals surface area contributed by atoms with E-state index in [-0.39, 0.29) is 39.6 Å². The lowest BCUT2D eigenvalue weighted by molar-refractivity contribution is -0.126. The van der Waals surface area contributed by atoms with Crippen molar-refractivity contribution in [3.63, 3.8) is 0 Å². The van der Waals surface area contributed by atoms with E-state index in [1.807, 2.05) is 17.9 Å². The van der Waals surface area contributed by atoms with Crippen molar-refractivity contribution in [2.75, 3.05) is 24.5 Å². The average molecular weight is 520 g/mol. The van der Waals surface area contributed by atoms with Gasteiger partial charge in [0, 0.05) is 25.7 Å². The summed E-state index contributed by atoms with van der Waals surface area (Å²) in [6.45, 7) is 6.74. The summed E-state index contributed by atoms with van der Waals surface area (Å²) in [6.07, 6.45) is 1.28. The second-order valence-electron chi connectivity index (χ2n) is 8.74. The van der Waals surface area contributed by atoms with E-state index in [1.165, 1.54) is 28.8 Å². The number of halogens is 2. The smallest absolute Gasteiger partial charge is 0.355 e. The molecule has 0 radical (unpaired) electrons. The Balaban J connectivity index is 1.76. The molecule has 0 aliphatic carbocycles. The normalized spacial score (nSPS) is 15.7. The Morgan fingerprint density at radius 1 is 1.16 bits per heavy atom. The predicted octanol–water partition coefficient (Wildman–Crippen LogP) is 4.17. The number of phenols is 1. The van der Waals surface area contributed by atoms with Crippen molar-refractivity contribution in [2.24, 2.45) is 0 Å². The molecule has 4 aromatic rings. The number of para-hydroxylation sites is 1. The van der Waals surface area contributed by atoms with Crippen molar-refractivity contribution >= 4 is 34.4 Å². The molecule has 0 bridgehead atoms. The van der Waals surface area contributed by atoms with Crippen LogP contribution >= 0.6 is 11.6 Å². The highest BCUT2D eigenvalue weighted by atomic mass is 35.5. The quantitative estimate of drug-likeness (QED) is 0.407.